The van der Waals surface area contributed by atoms with Gasteiger partial charge in [0.1, 0.15) is 0 Å². The maximum atomic E-state index is 12.1. The Kier molecular flexibility index (Phi) is 5.82. The fraction of sp³-hybridized carbons (Fsp3) is 0.800. The number of hydrogen-bond acceptors (Lipinski definition) is 4. The van der Waals surface area contributed by atoms with Crippen LogP contribution in [-0.4, -0.2) is 34.6 Å². The Bertz CT molecular complexity index is 602. The van der Waals surface area contributed by atoms with E-state index in [0.29, 0.717) is 19.1 Å². The minimum Gasteiger partial charge on any atom is -0.466 e. The molecule has 1 saturated heterocycles. The van der Waals surface area contributed by atoms with Crippen LogP contribution in [0.5, 0.6) is 0 Å². The Morgan fingerprint density at radius 1 is 1.28 bits per heavy atom. The van der Waals surface area contributed by atoms with E-state index in [1.54, 1.807) is 0 Å². The Balaban J connectivity index is 1.87. The van der Waals surface area contributed by atoms with Gasteiger partial charge in [-0.2, -0.15) is 5.10 Å². The van der Waals surface area contributed by atoms with Gasteiger partial charge >= 0.3 is 5.97 Å². The topological polar surface area (TPSA) is 53.3 Å². The monoisotopic (exact) mass is 348 g/mol. The molecule has 3 rings (SSSR count). The van der Waals surface area contributed by atoms with Gasteiger partial charge in [0.05, 0.1) is 30.4 Å². The van der Waals surface area contributed by atoms with Gasteiger partial charge in [0.25, 0.3) is 0 Å². The maximum Gasteiger partial charge on any atom is 0.310 e. The molecule has 5 nitrogen and oxygen atoms in total. The number of carbonyl (C=O) groups is 1. The molecular formula is C20H32N2O3. The van der Waals surface area contributed by atoms with Crippen molar-refractivity contribution >= 4 is 5.97 Å². The van der Waals surface area contributed by atoms with E-state index in [9.17, 15) is 4.79 Å². The minimum absolute atomic E-state index is 0.0769. The Labute approximate surface area is 151 Å². The van der Waals surface area contributed by atoms with Crippen molar-refractivity contribution in [2.75, 3.05) is 13.2 Å². The van der Waals surface area contributed by atoms with E-state index in [2.05, 4.69) is 18.5 Å². The standard InChI is InChI=1S/C20H32N2O3/c1-4-17-16(13-19(23)24-6-3)18(5-2)22(21-17)15-9-12-25-20(14-15)10-7-8-11-20/h15H,4-14H2,1-3H3. The summed E-state index contributed by atoms with van der Waals surface area (Å²) >= 11 is 0. The van der Waals surface area contributed by atoms with Crippen molar-refractivity contribution in [3.05, 3.63) is 17.0 Å². The van der Waals surface area contributed by atoms with Crippen LogP contribution in [0.25, 0.3) is 0 Å². The molecule has 5 heteroatoms. The molecule has 0 N–H and O–H groups in total. The molecule has 0 radical (unpaired) electrons. The van der Waals surface area contributed by atoms with Crippen LogP contribution in [0.15, 0.2) is 0 Å². The highest BCUT2D eigenvalue weighted by Crippen LogP contribution is 2.44. The first-order valence-corrected chi connectivity index (χ1v) is 10.0. The van der Waals surface area contributed by atoms with Crippen LogP contribution >= 0.6 is 0 Å². The van der Waals surface area contributed by atoms with Gasteiger partial charge in [-0.25, -0.2) is 0 Å². The highest BCUT2D eigenvalue weighted by atomic mass is 16.5. The number of aromatic nitrogens is 2. The molecule has 1 aromatic rings. The molecule has 1 aliphatic heterocycles. The molecule has 1 aromatic heterocycles. The van der Waals surface area contributed by atoms with Crippen molar-refractivity contribution in [3.63, 3.8) is 0 Å². The van der Waals surface area contributed by atoms with Crippen molar-refractivity contribution in [3.8, 4) is 0 Å². The second kappa shape index (κ2) is 7.90. The molecule has 140 valence electrons. The molecule has 2 aliphatic rings. The van der Waals surface area contributed by atoms with Crippen LogP contribution in [0.3, 0.4) is 0 Å². The summed E-state index contributed by atoms with van der Waals surface area (Å²) in [6.45, 7) is 7.38. The predicted molar refractivity (Wildman–Crippen MR) is 96.7 cm³/mol. The second-order valence-electron chi connectivity index (χ2n) is 7.39. The largest absolute Gasteiger partial charge is 0.466 e. The fourth-order valence-corrected chi connectivity index (χ4v) is 4.66. The third-order valence-electron chi connectivity index (χ3n) is 5.83. The van der Waals surface area contributed by atoms with E-state index < -0.39 is 0 Å². The van der Waals surface area contributed by atoms with Crippen molar-refractivity contribution < 1.29 is 14.3 Å². The maximum absolute atomic E-state index is 12.1. The zero-order valence-corrected chi connectivity index (χ0v) is 16.0. The zero-order valence-electron chi connectivity index (χ0n) is 16.0. The van der Waals surface area contributed by atoms with E-state index in [-0.39, 0.29) is 11.6 Å². The number of rotatable bonds is 6. The van der Waals surface area contributed by atoms with Crippen molar-refractivity contribution in [2.45, 2.75) is 90.2 Å². The molecule has 0 amide bonds. The van der Waals surface area contributed by atoms with E-state index in [1.807, 2.05) is 6.92 Å². The number of ether oxygens (including phenoxy) is 2. The highest BCUT2D eigenvalue weighted by molar-refractivity contribution is 5.73. The molecule has 0 bridgehead atoms. The van der Waals surface area contributed by atoms with Crippen LogP contribution in [-0.2, 0) is 33.5 Å². The van der Waals surface area contributed by atoms with Crippen LogP contribution in [0.2, 0.25) is 0 Å². The van der Waals surface area contributed by atoms with Gasteiger partial charge < -0.3 is 9.47 Å². The highest BCUT2D eigenvalue weighted by Gasteiger charge is 2.41. The van der Waals surface area contributed by atoms with Crippen LogP contribution < -0.4 is 0 Å². The molecule has 2 fully saturated rings. The smallest absolute Gasteiger partial charge is 0.310 e. The molecule has 2 heterocycles. The Hall–Kier alpha value is -1.36. The van der Waals surface area contributed by atoms with Crippen LogP contribution in [0, 0.1) is 0 Å². The number of nitrogens with zero attached hydrogens (tertiary/aromatic N) is 2. The number of aryl methyl sites for hydroxylation is 1. The van der Waals surface area contributed by atoms with Gasteiger partial charge in [0.2, 0.25) is 0 Å². The van der Waals surface area contributed by atoms with E-state index in [0.717, 1.165) is 43.5 Å². The Morgan fingerprint density at radius 2 is 2.04 bits per heavy atom. The summed E-state index contributed by atoms with van der Waals surface area (Å²) in [5.74, 6) is -0.148. The van der Waals surface area contributed by atoms with Crippen molar-refractivity contribution in [2.24, 2.45) is 0 Å². The lowest BCUT2D eigenvalue weighted by Crippen LogP contribution is -2.38. The first kappa shape index (κ1) is 18.4. The third kappa shape index (κ3) is 3.76. The van der Waals surface area contributed by atoms with Crippen molar-refractivity contribution in [1.82, 2.24) is 9.78 Å². The summed E-state index contributed by atoms with van der Waals surface area (Å²) in [5, 5.41) is 4.94. The van der Waals surface area contributed by atoms with Gasteiger partial charge in [-0.05, 0) is 45.4 Å². The number of esters is 1. The summed E-state index contributed by atoms with van der Waals surface area (Å²) < 4.78 is 13.6. The van der Waals surface area contributed by atoms with Gasteiger partial charge in [0.15, 0.2) is 0 Å². The SMILES string of the molecule is CCOC(=O)Cc1c(CC)nn(C2CCOC3(CCCC3)C2)c1CC. The zero-order chi connectivity index (χ0) is 17.9. The lowest BCUT2D eigenvalue weighted by Gasteiger charge is -2.38. The van der Waals surface area contributed by atoms with Gasteiger partial charge in [-0.3, -0.25) is 9.48 Å². The number of carbonyl (C=O) groups excluding carboxylic acids is 1. The summed E-state index contributed by atoms with van der Waals surface area (Å²) in [7, 11) is 0. The number of hydrogen-bond donors (Lipinski definition) is 0. The molecule has 1 atom stereocenters. The van der Waals surface area contributed by atoms with Gasteiger partial charge in [0, 0.05) is 17.9 Å². The summed E-state index contributed by atoms with van der Waals surface area (Å²) in [6.07, 6.45) is 9.08. The van der Waals surface area contributed by atoms with E-state index >= 15 is 0 Å². The molecular weight excluding hydrogens is 316 g/mol. The molecule has 25 heavy (non-hydrogen) atoms. The lowest BCUT2D eigenvalue weighted by atomic mass is 9.88. The van der Waals surface area contributed by atoms with Gasteiger partial charge in [-0.15, -0.1) is 0 Å². The average molecular weight is 348 g/mol. The summed E-state index contributed by atoms with van der Waals surface area (Å²) in [4.78, 5) is 12.1. The van der Waals surface area contributed by atoms with Gasteiger partial charge in [-0.1, -0.05) is 26.7 Å². The fourth-order valence-electron chi connectivity index (χ4n) is 4.66. The molecule has 1 saturated carbocycles. The van der Waals surface area contributed by atoms with Crippen molar-refractivity contribution in [1.29, 1.82) is 0 Å². The first-order chi connectivity index (χ1) is 12.1. The Morgan fingerprint density at radius 3 is 2.68 bits per heavy atom. The van der Waals surface area contributed by atoms with E-state index in [1.165, 1.54) is 31.4 Å². The quantitative estimate of drug-likeness (QED) is 0.734. The molecule has 1 aliphatic carbocycles. The molecule has 1 unspecified atom stereocenters. The normalized spacial score (nSPS) is 22.4. The van der Waals surface area contributed by atoms with Crippen LogP contribution in [0.1, 0.15) is 82.3 Å². The lowest BCUT2D eigenvalue weighted by molar-refractivity contribution is -0.142. The second-order valence-corrected chi connectivity index (χ2v) is 7.39. The molecule has 1 spiro atoms. The summed E-state index contributed by atoms with van der Waals surface area (Å²) in [5.41, 5.74) is 3.44. The molecule has 0 aromatic carbocycles. The summed E-state index contributed by atoms with van der Waals surface area (Å²) in [6, 6.07) is 0.392. The van der Waals surface area contributed by atoms with Crippen LogP contribution in [0.4, 0.5) is 0 Å². The minimum atomic E-state index is -0.148. The predicted octanol–water partition coefficient (Wildman–Crippen LogP) is 3.78. The van der Waals surface area contributed by atoms with E-state index in [4.69, 9.17) is 14.6 Å². The first-order valence-electron chi connectivity index (χ1n) is 10.0. The average Bonchev–Trinajstić information content (AvgIpc) is 3.19. The third-order valence-corrected chi connectivity index (χ3v) is 5.83.